The second-order valence-corrected chi connectivity index (χ2v) is 11.0. The van der Waals surface area contributed by atoms with Crippen molar-refractivity contribution in [3.8, 4) is 11.1 Å². The maximum atomic E-state index is 6.83. The van der Waals surface area contributed by atoms with Crippen LogP contribution in [0, 0.1) is 0 Å². The molecular weight excluding hydrogens is 524 g/mol. The van der Waals surface area contributed by atoms with E-state index in [1.54, 1.807) is 0 Å². The Morgan fingerprint density at radius 3 is 1.86 bits per heavy atom. The Hall–Kier alpha value is -5.80. The van der Waals surface area contributed by atoms with Crippen LogP contribution in [0.1, 0.15) is 0 Å². The summed E-state index contributed by atoms with van der Waals surface area (Å²) in [7, 11) is 0. The van der Waals surface area contributed by atoms with Crippen molar-refractivity contribution in [1.29, 1.82) is 0 Å². The first kappa shape index (κ1) is 23.9. The second-order valence-electron chi connectivity index (χ2n) is 11.0. The van der Waals surface area contributed by atoms with Crippen molar-refractivity contribution in [2.75, 3.05) is 4.90 Å². The van der Waals surface area contributed by atoms with Gasteiger partial charge in [0.25, 0.3) is 0 Å². The highest BCUT2D eigenvalue weighted by Crippen LogP contribution is 2.46. The average molecular weight is 551 g/mol. The van der Waals surface area contributed by atoms with Gasteiger partial charge < -0.3 is 14.3 Å². The molecule has 0 amide bonds. The van der Waals surface area contributed by atoms with Gasteiger partial charge in [-0.15, -0.1) is 0 Å². The van der Waals surface area contributed by atoms with Crippen molar-refractivity contribution in [3.63, 3.8) is 0 Å². The maximum absolute atomic E-state index is 6.83. The van der Waals surface area contributed by atoms with Gasteiger partial charge in [0.1, 0.15) is 11.2 Å². The van der Waals surface area contributed by atoms with Gasteiger partial charge in [-0.3, -0.25) is 0 Å². The molecule has 7 aromatic carbocycles. The molecule has 0 aliphatic carbocycles. The number of hydrogen-bond acceptors (Lipinski definition) is 2. The van der Waals surface area contributed by atoms with Crippen molar-refractivity contribution in [3.05, 3.63) is 152 Å². The van der Waals surface area contributed by atoms with Gasteiger partial charge in [-0.2, -0.15) is 0 Å². The summed E-state index contributed by atoms with van der Waals surface area (Å²) >= 11 is 0. The Kier molecular flexibility index (Phi) is 5.20. The number of anilines is 3. The lowest BCUT2D eigenvalue weighted by molar-refractivity contribution is 0.673. The highest BCUT2D eigenvalue weighted by Gasteiger charge is 2.21. The largest absolute Gasteiger partial charge is 0.455 e. The minimum Gasteiger partial charge on any atom is -0.455 e. The fraction of sp³-hybridized carbons (Fsp3) is 0. The predicted molar refractivity (Wildman–Crippen MR) is 181 cm³/mol. The van der Waals surface area contributed by atoms with E-state index in [2.05, 4.69) is 162 Å². The quantitative estimate of drug-likeness (QED) is 0.236. The first-order valence-electron chi connectivity index (χ1n) is 14.6. The lowest BCUT2D eigenvalue weighted by Crippen LogP contribution is -2.10. The van der Waals surface area contributed by atoms with Gasteiger partial charge in [-0.05, 0) is 59.0 Å². The number of hydrogen-bond donors (Lipinski definition) is 1. The molecule has 0 bridgehead atoms. The third-order valence-corrected chi connectivity index (χ3v) is 8.58. The number of nitrogens with zero attached hydrogens (tertiary/aromatic N) is 1. The Bertz CT molecular complexity index is 2440. The van der Waals surface area contributed by atoms with E-state index < -0.39 is 0 Å². The smallest absolute Gasteiger partial charge is 0.145 e. The number of benzene rings is 7. The number of aromatic nitrogens is 1. The number of furan rings is 1. The van der Waals surface area contributed by atoms with E-state index in [1.807, 2.05) is 0 Å². The molecule has 0 aliphatic rings. The highest BCUT2D eigenvalue weighted by atomic mass is 16.3. The Morgan fingerprint density at radius 1 is 0.442 bits per heavy atom. The minimum atomic E-state index is 0.878. The second kappa shape index (κ2) is 9.37. The zero-order valence-electron chi connectivity index (χ0n) is 23.3. The molecule has 9 aromatic rings. The normalized spacial score (nSPS) is 11.7. The summed E-state index contributed by atoms with van der Waals surface area (Å²) in [5, 5.41) is 6.94. The molecule has 3 heteroatoms. The lowest BCUT2D eigenvalue weighted by Gasteiger charge is -2.27. The van der Waals surface area contributed by atoms with Gasteiger partial charge in [-0.1, -0.05) is 103 Å². The topological polar surface area (TPSA) is 32.2 Å². The summed E-state index contributed by atoms with van der Waals surface area (Å²) in [6.07, 6.45) is 0. The summed E-state index contributed by atoms with van der Waals surface area (Å²) in [5.74, 6) is 0. The van der Waals surface area contributed by atoms with Gasteiger partial charge in [0, 0.05) is 44.5 Å². The summed E-state index contributed by atoms with van der Waals surface area (Å²) < 4.78 is 6.83. The van der Waals surface area contributed by atoms with E-state index in [0.717, 1.165) is 55.4 Å². The maximum Gasteiger partial charge on any atom is 0.145 e. The van der Waals surface area contributed by atoms with Gasteiger partial charge in [0.2, 0.25) is 0 Å². The van der Waals surface area contributed by atoms with Crippen LogP contribution in [0.4, 0.5) is 17.1 Å². The number of nitrogens with one attached hydrogen (secondary N) is 1. The summed E-state index contributed by atoms with van der Waals surface area (Å²) in [6, 6.07) is 53.7. The zero-order valence-corrected chi connectivity index (χ0v) is 23.3. The number of para-hydroxylation sites is 2. The van der Waals surface area contributed by atoms with E-state index in [0.29, 0.717) is 0 Å². The summed E-state index contributed by atoms with van der Waals surface area (Å²) in [4.78, 5) is 5.91. The lowest BCUT2D eigenvalue weighted by atomic mass is 9.99. The molecule has 2 heterocycles. The molecule has 9 rings (SSSR count). The van der Waals surface area contributed by atoms with Gasteiger partial charge in [-0.25, -0.2) is 0 Å². The number of H-pyrrole nitrogens is 1. The molecule has 43 heavy (non-hydrogen) atoms. The SMILES string of the molecule is c1ccc(-c2ccc(N(c3ccccc3)c3cc4oc5c(ccc6[nH]c7ccccc7c65)c4c4ccccc34)cc2)cc1. The third-order valence-electron chi connectivity index (χ3n) is 8.58. The highest BCUT2D eigenvalue weighted by molar-refractivity contribution is 6.28. The molecule has 3 nitrogen and oxygen atoms in total. The average Bonchev–Trinajstić information content (AvgIpc) is 3.64. The summed E-state index contributed by atoms with van der Waals surface area (Å²) in [5.41, 5.74) is 9.66. The molecule has 0 saturated heterocycles. The van der Waals surface area contributed by atoms with E-state index in [4.69, 9.17) is 4.42 Å². The molecular formula is C40H26N2O. The van der Waals surface area contributed by atoms with Crippen molar-refractivity contribution in [1.82, 2.24) is 4.98 Å². The molecule has 0 saturated carbocycles. The standard InChI is InChI=1S/C40H26N2O/c1-3-11-26(12-4-1)27-19-21-29(22-20-27)42(28-13-5-2-6-14-28)36-25-37-38(31-16-8-7-15-30(31)36)33-23-24-35-39(40(33)43-37)32-17-9-10-18-34(32)41-35/h1-25,41H. The molecule has 0 spiro atoms. The fourth-order valence-corrected chi connectivity index (χ4v) is 6.63. The molecule has 0 fully saturated rings. The predicted octanol–water partition coefficient (Wildman–Crippen LogP) is 11.5. The van der Waals surface area contributed by atoms with Gasteiger partial charge in [0.05, 0.1) is 16.6 Å². The van der Waals surface area contributed by atoms with Crippen LogP contribution >= 0.6 is 0 Å². The van der Waals surface area contributed by atoms with E-state index >= 15 is 0 Å². The number of aromatic amines is 1. The van der Waals surface area contributed by atoms with E-state index in [9.17, 15) is 0 Å². The van der Waals surface area contributed by atoms with Crippen LogP contribution in [-0.4, -0.2) is 4.98 Å². The van der Waals surface area contributed by atoms with Crippen LogP contribution in [0.5, 0.6) is 0 Å². The van der Waals surface area contributed by atoms with Crippen LogP contribution < -0.4 is 4.90 Å². The van der Waals surface area contributed by atoms with Crippen molar-refractivity contribution in [2.24, 2.45) is 0 Å². The molecule has 0 radical (unpaired) electrons. The van der Waals surface area contributed by atoms with Gasteiger partial charge >= 0.3 is 0 Å². The minimum absolute atomic E-state index is 0.878. The Balaban J connectivity index is 1.32. The molecule has 202 valence electrons. The van der Waals surface area contributed by atoms with Crippen LogP contribution in [0.25, 0.3) is 65.6 Å². The van der Waals surface area contributed by atoms with E-state index in [1.165, 1.54) is 27.3 Å². The van der Waals surface area contributed by atoms with Crippen LogP contribution in [0.3, 0.4) is 0 Å². The van der Waals surface area contributed by atoms with E-state index in [-0.39, 0.29) is 0 Å². The van der Waals surface area contributed by atoms with Crippen LogP contribution in [0.15, 0.2) is 156 Å². The monoisotopic (exact) mass is 550 g/mol. The molecule has 1 N–H and O–H groups in total. The molecule has 2 aromatic heterocycles. The Labute approximate surface area is 248 Å². The Morgan fingerprint density at radius 2 is 1.07 bits per heavy atom. The zero-order chi connectivity index (χ0) is 28.3. The first-order valence-corrected chi connectivity index (χ1v) is 14.6. The summed E-state index contributed by atoms with van der Waals surface area (Å²) in [6.45, 7) is 0. The van der Waals surface area contributed by atoms with Gasteiger partial charge in [0.15, 0.2) is 0 Å². The number of fused-ring (bicyclic) bond motifs is 9. The molecule has 0 atom stereocenters. The molecule has 0 unspecified atom stereocenters. The fourth-order valence-electron chi connectivity index (χ4n) is 6.63. The third kappa shape index (κ3) is 3.68. The van der Waals surface area contributed by atoms with Crippen molar-refractivity contribution < 1.29 is 4.42 Å². The number of rotatable bonds is 4. The van der Waals surface area contributed by atoms with Crippen LogP contribution in [0.2, 0.25) is 0 Å². The molecule has 0 aliphatic heterocycles. The van der Waals surface area contributed by atoms with Crippen LogP contribution in [-0.2, 0) is 0 Å². The van der Waals surface area contributed by atoms with Crippen molar-refractivity contribution >= 4 is 71.6 Å². The van der Waals surface area contributed by atoms with Crippen molar-refractivity contribution in [2.45, 2.75) is 0 Å². The first-order chi connectivity index (χ1) is 21.3.